The Morgan fingerprint density at radius 2 is 0.642 bits per heavy atom. The van der Waals surface area contributed by atoms with Crippen molar-refractivity contribution >= 4 is 55.7 Å². The third kappa shape index (κ3) is 6.97. The maximum atomic E-state index is 2.42. The fourth-order valence-electron chi connectivity index (χ4n) is 10.6. The topological polar surface area (TPSA) is 6.48 Å². The van der Waals surface area contributed by atoms with Crippen LogP contribution in [0.2, 0.25) is 0 Å². The minimum absolute atomic E-state index is 0.131. The quantitative estimate of drug-likeness (QED) is 0.133. The van der Waals surface area contributed by atoms with Gasteiger partial charge in [0.2, 0.25) is 0 Å². The molecule has 0 aliphatic heterocycles. The molecule has 0 aromatic heterocycles. The van der Waals surface area contributed by atoms with E-state index in [0.717, 1.165) is 34.1 Å². The number of anilines is 6. The number of rotatable bonds is 9. The minimum atomic E-state index is -0.131. The average molecular weight is 857 g/mol. The molecule has 2 heteroatoms. The van der Waals surface area contributed by atoms with Crippen LogP contribution >= 0.6 is 0 Å². The Morgan fingerprint density at radius 3 is 1.21 bits per heavy atom. The highest BCUT2D eigenvalue weighted by Gasteiger charge is 2.35. The molecule has 0 amide bonds. The lowest BCUT2D eigenvalue weighted by molar-refractivity contribution is 0.660. The van der Waals surface area contributed by atoms with Gasteiger partial charge in [-0.05, 0) is 156 Å². The summed E-state index contributed by atoms with van der Waals surface area (Å²) >= 11 is 0. The lowest BCUT2D eigenvalue weighted by Crippen LogP contribution is -2.16. The number of benzene rings is 11. The number of fused-ring (bicyclic) bond motifs is 5. The van der Waals surface area contributed by atoms with Crippen molar-refractivity contribution in [2.75, 3.05) is 9.80 Å². The number of nitrogens with zero attached hydrogens (tertiary/aromatic N) is 2. The summed E-state index contributed by atoms with van der Waals surface area (Å²) in [5.41, 5.74) is 19.2. The summed E-state index contributed by atoms with van der Waals surface area (Å²) in [6, 6.07) is 93.0. The zero-order chi connectivity index (χ0) is 44.9. The van der Waals surface area contributed by atoms with Gasteiger partial charge < -0.3 is 9.80 Å². The number of para-hydroxylation sites is 2. The van der Waals surface area contributed by atoms with Crippen molar-refractivity contribution in [2.24, 2.45) is 0 Å². The monoisotopic (exact) mass is 856 g/mol. The van der Waals surface area contributed by atoms with Gasteiger partial charge in [0, 0.05) is 39.5 Å². The van der Waals surface area contributed by atoms with Crippen LogP contribution in [0.15, 0.2) is 255 Å². The number of hydrogen-bond acceptors (Lipinski definition) is 2. The SMILES string of the molecule is CC1(C)c2ccccc2-c2ccc(N(c3ccc(-c4ccc5c(-c6ccccc6)c6ccccc6c(-c6ccccc6)c5c4)cc3)c3ccc(N(c4ccccc4)c4ccccc4)cc3)cc21. The highest BCUT2D eigenvalue weighted by atomic mass is 15.2. The predicted octanol–water partition coefficient (Wildman–Crippen LogP) is 18.2. The van der Waals surface area contributed by atoms with Crippen molar-refractivity contribution in [3.05, 3.63) is 266 Å². The van der Waals surface area contributed by atoms with Crippen molar-refractivity contribution in [3.63, 3.8) is 0 Å². The van der Waals surface area contributed by atoms with Gasteiger partial charge in [-0.2, -0.15) is 0 Å². The maximum Gasteiger partial charge on any atom is 0.0465 e. The molecule has 2 nitrogen and oxygen atoms in total. The Hall–Kier alpha value is -8.46. The average Bonchev–Trinajstić information content (AvgIpc) is 3.62. The van der Waals surface area contributed by atoms with Crippen LogP contribution in [0.5, 0.6) is 0 Å². The summed E-state index contributed by atoms with van der Waals surface area (Å²) in [6.07, 6.45) is 0. The van der Waals surface area contributed by atoms with Crippen LogP contribution in [0.25, 0.3) is 66.1 Å². The van der Waals surface area contributed by atoms with Crippen molar-refractivity contribution in [1.82, 2.24) is 0 Å². The van der Waals surface area contributed by atoms with E-state index in [0.29, 0.717) is 0 Å². The van der Waals surface area contributed by atoms with Crippen molar-refractivity contribution < 1.29 is 0 Å². The molecule has 0 unspecified atom stereocenters. The van der Waals surface area contributed by atoms with Gasteiger partial charge in [-0.15, -0.1) is 0 Å². The summed E-state index contributed by atoms with van der Waals surface area (Å²) in [7, 11) is 0. The second-order valence-electron chi connectivity index (χ2n) is 18.1. The fraction of sp³-hybridized carbons (Fsp3) is 0.0462. The van der Waals surface area contributed by atoms with Crippen LogP contribution < -0.4 is 9.80 Å². The molecule has 1 aliphatic rings. The molecule has 0 radical (unpaired) electrons. The van der Waals surface area contributed by atoms with E-state index in [9.17, 15) is 0 Å². The third-order valence-electron chi connectivity index (χ3n) is 13.8. The molecule has 11 aromatic carbocycles. The Kier molecular flexibility index (Phi) is 9.88. The van der Waals surface area contributed by atoms with Gasteiger partial charge in [-0.1, -0.05) is 190 Å². The van der Waals surface area contributed by atoms with Crippen molar-refractivity contribution in [3.8, 4) is 44.5 Å². The summed E-state index contributed by atoms with van der Waals surface area (Å²) in [5, 5.41) is 5.01. The first-order chi connectivity index (χ1) is 33.0. The zero-order valence-corrected chi connectivity index (χ0v) is 37.6. The Labute approximate surface area is 393 Å². The van der Waals surface area contributed by atoms with Gasteiger partial charge in [-0.3, -0.25) is 0 Å². The second-order valence-corrected chi connectivity index (χ2v) is 18.1. The largest absolute Gasteiger partial charge is 0.311 e. The molecule has 0 bridgehead atoms. The van der Waals surface area contributed by atoms with E-state index >= 15 is 0 Å². The maximum absolute atomic E-state index is 2.42. The molecule has 12 rings (SSSR count). The second kappa shape index (κ2) is 16.5. The Bertz CT molecular complexity index is 3520. The van der Waals surface area contributed by atoms with Crippen molar-refractivity contribution in [1.29, 1.82) is 0 Å². The van der Waals surface area contributed by atoms with E-state index in [2.05, 4.69) is 278 Å². The molecule has 0 N–H and O–H groups in total. The van der Waals surface area contributed by atoms with Gasteiger partial charge in [0.15, 0.2) is 0 Å². The van der Waals surface area contributed by atoms with Gasteiger partial charge in [0.05, 0.1) is 0 Å². The van der Waals surface area contributed by atoms with Crippen LogP contribution in [-0.2, 0) is 5.41 Å². The lowest BCUT2D eigenvalue weighted by atomic mass is 9.82. The fourth-order valence-corrected chi connectivity index (χ4v) is 10.6. The minimum Gasteiger partial charge on any atom is -0.311 e. The standard InChI is InChI=1S/C65H48N2/c1-65(2)61-30-18-17-27-55(61)56-42-40-54(44-62(56)65)67(53-38-36-52(37-39-53)66(49-23-11-5-12-24-49)50-25-13-6-14-26-50)51-34-31-45(32-35-51)48-33-41-59-60(43-48)64(47-21-9-4-10-22-47)58-29-16-15-28-57(58)63(59)46-19-7-3-8-20-46/h3-44H,1-2H3. The van der Waals surface area contributed by atoms with Crippen molar-refractivity contribution in [2.45, 2.75) is 19.3 Å². The Balaban J connectivity index is 0.991. The summed E-state index contributed by atoms with van der Waals surface area (Å²) < 4.78 is 0. The molecular formula is C65H48N2. The predicted molar refractivity (Wildman–Crippen MR) is 285 cm³/mol. The van der Waals surface area contributed by atoms with E-state index in [1.807, 2.05) is 0 Å². The molecule has 0 saturated carbocycles. The first-order valence-electron chi connectivity index (χ1n) is 23.3. The van der Waals surface area contributed by atoms with E-state index in [-0.39, 0.29) is 5.41 Å². The van der Waals surface area contributed by atoms with E-state index in [4.69, 9.17) is 0 Å². The normalized spacial score (nSPS) is 12.4. The third-order valence-corrected chi connectivity index (χ3v) is 13.8. The molecule has 0 heterocycles. The molecule has 0 saturated heterocycles. The van der Waals surface area contributed by atoms with Gasteiger partial charge >= 0.3 is 0 Å². The first-order valence-corrected chi connectivity index (χ1v) is 23.3. The molecule has 0 spiro atoms. The number of hydrogen-bond donors (Lipinski definition) is 0. The molecule has 1 aliphatic carbocycles. The first kappa shape index (κ1) is 40.1. The molecule has 0 fully saturated rings. The molecular weight excluding hydrogens is 809 g/mol. The highest BCUT2D eigenvalue weighted by Crippen LogP contribution is 2.51. The summed E-state index contributed by atoms with van der Waals surface area (Å²) in [6.45, 7) is 4.71. The molecule has 0 atom stereocenters. The van der Waals surface area contributed by atoms with Crippen LogP contribution in [-0.4, -0.2) is 0 Å². The summed E-state index contributed by atoms with van der Waals surface area (Å²) in [4.78, 5) is 4.73. The van der Waals surface area contributed by atoms with E-state index in [1.165, 1.54) is 77.2 Å². The van der Waals surface area contributed by atoms with E-state index in [1.54, 1.807) is 0 Å². The van der Waals surface area contributed by atoms with Gasteiger partial charge in [-0.25, -0.2) is 0 Å². The Morgan fingerprint density at radius 1 is 0.254 bits per heavy atom. The smallest absolute Gasteiger partial charge is 0.0465 e. The van der Waals surface area contributed by atoms with Gasteiger partial charge in [0.25, 0.3) is 0 Å². The zero-order valence-electron chi connectivity index (χ0n) is 37.6. The lowest BCUT2D eigenvalue weighted by Gasteiger charge is -2.29. The highest BCUT2D eigenvalue weighted by molar-refractivity contribution is 6.22. The van der Waals surface area contributed by atoms with E-state index < -0.39 is 0 Å². The summed E-state index contributed by atoms with van der Waals surface area (Å²) in [5.74, 6) is 0. The van der Waals surface area contributed by atoms with Crippen LogP contribution in [0.4, 0.5) is 34.1 Å². The van der Waals surface area contributed by atoms with Crippen LogP contribution in [0.3, 0.4) is 0 Å². The van der Waals surface area contributed by atoms with Crippen LogP contribution in [0, 0.1) is 0 Å². The van der Waals surface area contributed by atoms with Crippen LogP contribution in [0.1, 0.15) is 25.0 Å². The van der Waals surface area contributed by atoms with Gasteiger partial charge in [0.1, 0.15) is 0 Å². The molecule has 318 valence electrons. The molecule has 11 aromatic rings. The molecule has 67 heavy (non-hydrogen) atoms.